The predicted octanol–water partition coefficient (Wildman–Crippen LogP) is 2.39. The Kier molecular flexibility index (Phi) is 7.76. The first kappa shape index (κ1) is 25.5. The fourth-order valence-corrected chi connectivity index (χ4v) is 4.62. The molecule has 1 aliphatic rings. The highest BCUT2D eigenvalue weighted by Crippen LogP contribution is 2.29. The van der Waals surface area contributed by atoms with Crippen LogP contribution in [-0.4, -0.2) is 64.6 Å². The monoisotopic (exact) mass is 496 g/mol. The molecule has 1 fully saturated rings. The Morgan fingerprint density at radius 2 is 1.94 bits per heavy atom. The number of likely N-dealkylation sites (tertiary alicyclic amines) is 1. The van der Waals surface area contributed by atoms with E-state index in [0.717, 1.165) is 18.4 Å². The van der Waals surface area contributed by atoms with Crippen LogP contribution in [0.2, 0.25) is 0 Å². The number of benzene rings is 1. The molecule has 9 nitrogen and oxygen atoms in total. The van der Waals surface area contributed by atoms with E-state index >= 15 is 0 Å². The first-order valence-corrected chi connectivity index (χ1v) is 11.8. The summed E-state index contributed by atoms with van der Waals surface area (Å²) >= 11 is 0. The molecule has 2 aromatic heterocycles. The topological polar surface area (TPSA) is 114 Å². The zero-order chi connectivity index (χ0) is 25.8. The molecule has 0 saturated carbocycles. The second-order valence-electron chi connectivity index (χ2n) is 9.04. The van der Waals surface area contributed by atoms with E-state index in [-0.39, 0.29) is 23.5 Å². The van der Waals surface area contributed by atoms with Crippen LogP contribution in [0.5, 0.6) is 5.75 Å². The first-order valence-electron chi connectivity index (χ1n) is 11.8. The summed E-state index contributed by atoms with van der Waals surface area (Å²) in [6.07, 6.45) is 3.39. The molecule has 0 aliphatic carbocycles. The number of aromatic hydroxyl groups is 1. The number of aromatic nitrogens is 2. The van der Waals surface area contributed by atoms with E-state index in [1.807, 2.05) is 4.90 Å². The van der Waals surface area contributed by atoms with Crippen molar-refractivity contribution in [2.75, 3.05) is 26.8 Å². The smallest absolute Gasteiger partial charge is 0.269 e. The Morgan fingerprint density at radius 3 is 2.58 bits per heavy atom. The maximum absolute atomic E-state index is 13.7. The molecule has 1 saturated heterocycles. The molecule has 1 aromatic carbocycles. The van der Waals surface area contributed by atoms with Crippen LogP contribution in [0.3, 0.4) is 0 Å². The number of ether oxygens (including phenoxy) is 1. The maximum Gasteiger partial charge on any atom is 0.269 e. The summed E-state index contributed by atoms with van der Waals surface area (Å²) in [5.74, 6) is -1.67. The summed E-state index contributed by atoms with van der Waals surface area (Å²) in [6, 6.07) is 7.27. The van der Waals surface area contributed by atoms with Gasteiger partial charge in [-0.3, -0.25) is 28.8 Å². The number of rotatable bonds is 9. The van der Waals surface area contributed by atoms with E-state index in [9.17, 15) is 23.9 Å². The normalized spacial score (nSPS) is 15.6. The summed E-state index contributed by atoms with van der Waals surface area (Å²) in [7, 11) is 1.49. The molecule has 1 amide bonds. The lowest BCUT2D eigenvalue weighted by Gasteiger charge is -2.27. The van der Waals surface area contributed by atoms with Gasteiger partial charge in [0, 0.05) is 32.4 Å². The Balaban J connectivity index is 1.87. The molecule has 3 aromatic rings. The molecule has 2 atom stereocenters. The van der Waals surface area contributed by atoms with Crippen molar-refractivity contribution in [1.29, 1.82) is 0 Å². The van der Waals surface area contributed by atoms with Crippen LogP contribution in [0, 0.1) is 5.82 Å². The molecule has 190 valence electrons. The number of aldehydes is 1. The van der Waals surface area contributed by atoms with Crippen LogP contribution in [0.15, 0.2) is 41.3 Å². The van der Waals surface area contributed by atoms with E-state index < -0.39 is 35.0 Å². The minimum Gasteiger partial charge on any atom is -0.505 e. The summed E-state index contributed by atoms with van der Waals surface area (Å²) in [4.78, 5) is 45.3. The van der Waals surface area contributed by atoms with Gasteiger partial charge in [-0.15, -0.1) is 0 Å². The molecule has 2 unspecified atom stereocenters. The van der Waals surface area contributed by atoms with Crippen molar-refractivity contribution in [3.05, 3.63) is 69.4 Å². The van der Waals surface area contributed by atoms with Crippen LogP contribution >= 0.6 is 0 Å². The molecule has 1 aliphatic heterocycles. The number of methoxy groups -OCH3 is 1. The average Bonchev–Trinajstić information content (AvgIpc) is 3.38. The number of halogens is 1. The van der Waals surface area contributed by atoms with Gasteiger partial charge in [-0.05, 0) is 55.5 Å². The molecule has 2 N–H and O–H groups in total. The van der Waals surface area contributed by atoms with Gasteiger partial charge in [-0.2, -0.15) is 0 Å². The highest BCUT2D eigenvalue weighted by atomic mass is 19.1. The Bertz CT molecular complexity index is 1320. The van der Waals surface area contributed by atoms with Crippen molar-refractivity contribution in [2.24, 2.45) is 0 Å². The molecule has 0 spiro atoms. The van der Waals surface area contributed by atoms with Gasteiger partial charge in [-0.1, -0.05) is 12.1 Å². The lowest BCUT2D eigenvalue weighted by atomic mass is 10.0. The van der Waals surface area contributed by atoms with E-state index in [0.29, 0.717) is 31.4 Å². The molecule has 0 radical (unpaired) electrons. The van der Waals surface area contributed by atoms with Crippen LogP contribution < -0.4 is 10.9 Å². The van der Waals surface area contributed by atoms with Crippen molar-refractivity contribution < 1.29 is 23.8 Å². The summed E-state index contributed by atoms with van der Waals surface area (Å²) in [5.41, 5.74) is 0.529. The number of nitrogens with zero attached hydrogens (tertiary/aromatic N) is 3. The third-order valence-electron chi connectivity index (χ3n) is 6.32. The number of pyridine rings is 2. The lowest BCUT2D eigenvalue weighted by Crippen LogP contribution is -2.43. The zero-order valence-electron chi connectivity index (χ0n) is 20.2. The second kappa shape index (κ2) is 11.0. The molecule has 36 heavy (non-hydrogen) atoms. The number of hydrogen-bond donors (Lipinski definition) is 2. The lowest BCUT2D eigenvalue weighted by molar-refractivity contribution is -0.114. The number of nitrogens with one attached hydrogen (secondary N) is 1. The maximum atomic E-state index is 13.7. The Morgan fingerprint density at radius 1 is 1.25 bits per heavy atom. The Labute approximate surface area is 207 Å². The third kappa shape index (κ3) is 5.14. The van der Waals surface area contributed by atoms with Gasteiger partial charge in [0.1, 0.15) is 23.1 Å². The van der Waals surface area contributed by atoms with Crippen LogP contribution in [0.4, 0.5) is 4.39 Å². The number of carbonyl (C=O) groups excluding carboxylic acids is 2. The second-order valence-corrected chi connectivity index (χ2v) is 9.04. The van der Waals surface area contributed by atoms with Gasteiger partial charge in [0.25, 0.3) is 11.5 Å². The number of fused-ring (bicyclic) bond motifs is 1. The van der Waals surface area contributed by atoms with Crippen LogP contribution in [-0.2, 0) is 16.0 Å². The third-order valence-corrected chi connectivity index (χ3v) is 6.32. The van der Waals surface area contributed by atoms with Crippen molar-refractivity contribution in [3.63, 3.8) is 0 Å². The van der Waals surface area contributed by atoms with Crippen molar-refractivity contribution in [1.82, 2.24) is 19.8 Å². The highest BCUT2D eigenvalue weighted by molar-refractivity contribution is 6.01. The summed E-state index contributed by atoms with van der Waals surface area (Å²) in [5, 5.41) is 13.6. The fourth-order valence-electron chi connectivity index (χ4n) is 4.62. The van der Waals surface area contributed by atoms with Gasteiger partial charge in [0.2, 0.25) is 0 Å². The molecule has 0 bridgehead atoms. The van der Waals surface area contributed by atoms with Gasteiger partial charge in [-0.25, -0.2) is 4.39 Å². The zero-order valence-corrected chi connectivity index (χ0v) is 20.2. The van der Waals surface area contributed by atoms with Crippen molar-refractivity contribution >= 4 is 23.2 Å². The van der Waals surface area contributed by atoms with Gasteiger partial charge >= 0.3 is 0 Å². The number of amides is 1. The van der Waals surface area contributed by atoms with Crippen molar-refractivity contribution in [2.45, 2.75) is 38.4 Å². The SMILES string of the molecule is COCC(C)NC(=O)c1c(O)c2ncc(Cc3ccc(F)cc3)cc2n(C(C=O)N2CCCC2)c1=O. The number of carbonyl (C=O) groups is 2. The van der Waals surface area contributed by atoms with E-state index in [1.54, 1.807) is 25.1 Å². The largest absolute Gasteiger partial charge is 0.505 e. The molecule has 4 rings (SSSR count). The minimum atomic E-state index is -0.964. The van der Waals surface area contributed by atoms with Gasteiger partial charge in [0.15, 0.2) is 12.0 Å². The number of hydrogen-bond acceptors (Lipinski definition) is 7. The van der Waals surface area contributed by atoms with Crippen LogP contribution in [0.25, 0.3) is 11.0 Å². The molecule has 10 heteroatoms. The van der Waals surface area contributed by atoms with E-state index in [4.69, 9.17) is 4.74 Å². The summed E-state index contributed by atoms with van der Waals surface area (Å²) < 4.78 is 19.6. The Hall–Kier alpha value is -3.63. The first-order chi connectivity index (χ1) is 17.3. The molecule has 3 heterocycles. The quantitative estimate of drug-likeness (QED) is 0.437. The minimum absolute atomic E-state index is 0.0352. The van der Waals surface area contributed by atoms with Gasteiger partial charge < -0.3 is 15.2 Å². The highest BCUT2D eigenvalue weighted by Gasteiger charge is 2.31. The van der Waals surface area contributed by atoms with E-state index in [2.05, 4.69) is 10.3 Å². The van der Waals surface area contributed by atoms with Gasteiger partial charge in [0.05, 0.1) is 12.1 Å². The van der Waals surface area contributed by atoms with Crippen LogP contribution in [0.1, 0.15) is 47.4 Å². The standard InChI is InChI=1S/C26H29FN4O5/c1-16(15-36-2)29-25(34)22-24(33)23-20(31(26(22)35)21(14-32)30-9-3-4-10-30)12-18(13-28-23)11-17-5-7-19(27)8-6-17/h5-8,12-14,16,21,33H,3-4,9-11,15H2,1-2H3,(H,29,34). The molecular weight excluding hydrogens is 467 g/mol. The van der Waals surface area contributed by atoms with E-state index in [1.165, 1.54) is 30.0 Å². The average molecular weight is 497 g/mol. The predicted molar refractivity (Wildman–Crippen MR) is 132 cm³/mol. The van der Waals surface area contributed by atoms with Crippen molar-refractivity contribution in [3.8, 4) is 5.75 Å². The molecular formula is C26H29FN4O5. The fraction of sp³-hybridized carbons (Fsp3) is 0.385. The summed E-state index contributed by atoms with van der Waals surface area (Å²) in [6.45, 7) is 3.15.